The lowest BCUT2D eigenvalue weighted by Crippen LogP contribution is -2.54. The van der Waals surface area contributed by atoms with Crippen molar-refractivity contribution in [3.8, 4) is 0 Å². The van der Waals surface area contributed by atoms with Gasteiger partial charge in [-0.05, 0) is 38.0 Å². The number of rotatable bonds is 4. The van der Waals surface area contributed by atoms with Crippen LogP contribution >= 0.6 is 0 Å². The highest BCUT2D eigenvalue weighted by atomic mass is 16.5. The number of hydrogen-bond donors (Lipinski definition) is 2. The maximum atomic E-state index is 12.4. The van der Waals surface area contributed by atoms with E-state index in [0.29, 0.717) is 19.8 Å². The summed E-state index contributed by atoms with van der Waals surface area (Å²) in [5, 5.41) is 12.0. The van der Waals surface area contributed by atoms with Gasteiger partial charge in [0, 0.05) is 26.1 Å². The van der Waals surface area contributed by atoms with Crippen LogP contribution < -0.4 is 5.32 Å². The van der Waals surface area contributed by atoms with Crippen LogP contribution in [0.5, 0.6) is 0 Å². The molecule has 0 aromatic carbocycles. The Balaban J connectivity index is 1.88. The fourth-order valence-electron chi connectivity index (χ4n) is 3.20. The molecule has 2 fully saturated rings. The number of hydrogen-bond acceptors (Lipinski definition) is 3. The van der Waals surface area contributed by atoms with E-state index in [1.54, 1.807) is 0 Å². The molecule has 120 valence electrons. The van der Waals surface area contributed by atoms with Crippen molar-refractivity contribution in [1.82, 2.24) is 10.2 Å². The third kappa shape index (κ3) is 4.33. The minimum absolute atomic E-state index is 0.0461. The molecule has 2 N–H and O–H groups in total. The molecule has 0 spiro atoms. The predicted molar refractivity (Wildman–Crippen MR) is 78.1 cm³/mol. The summed E-state index contributed by atoms with van der Waals surface area (Å²) < 4.78 is 5.35. The fourth-order valence-corrected chi connectivity index (χ4v) is 3.20. The van der Waals surface area contributed by atoms with Gasteiger partial charge in [-0.1, -0.05) is 6.92 Å². The van der Waals surface area contributed by atoms with E-state index < -0.39 is 5.97 Å². The van der Waals surface area contributed by atoms with Gasteiger partial charge >= 0.3 is 12.0 Å². The molecule has 3 atom stereocenters. The zero-order valence-corrected chi connectivity index (χ0v) is 12.9. The van der Waals surface area contributed by atoms with Crippen LogP contribution in [0, 0.1) is 11.8 Å². The van der Waals surface area contributed by atoms with Crippen LogP contribution in [0.1, 0.15) is 39.5 Å². The number of carbonyl (C=O) groups is 2. The van der Waals surface area contributed by atoms with Crippen LogP contribution in [-0.4, -0.2) is 53.8 Å². The molecule has 2 saturated heterocycles. The standard InChI is InChI=1S/C15H26N2O4/c1-11(8-13(18)19)12-4-3-6-17(9-12)14(20)16-15(2)5-7-21-10-15/h11-12H,3-10H2,1-2H3,(H,16,20)(H,18,19). The molecule has 0 radical (unpaired) electrons. The summed E-state index contributed by atoms with van der Waals surface area (Å²) >= 11 is 0. The molecular formula is C15H26N2O4. The first-order chi connectivity index (χ1) is 9.89. The maximum Gasteiger partial charge on any atom is 0.317 e. The number of aliphatic carboxylic acids is 1. The number of nitrogens with one attached hydrogen (secondary N) is 1. The van der Waals surface area contributed by atoms with Gasteiger partial charge in [-0.25, -0.2) is 4.79 Å². The summed E-state index contributed by atoms with van der Waals surface area (Å²) in [5.74, 6) is -0.392. The highest BCUT2D eigenvalue weighted by molar-refractivity contribution is 5.75. The van der Waals surface area contributed by atoms with Gasteiger partial charge in [0.2, 0.25) is 0 Å². The van der Waals surface area contributed by atoms with Crippen LogP contribution in [0.15, 0.2) is 0 Å². The third-order valence-corrected chi connectivity index (χ3v) is 4.67. The Bertz CT molecular complexity index is 393. The average molecular weight is 298 g/mol. The summed E-state index contributed by atoms with van der Waals surface area (Å²) in [7, 11) is 0. The Morgan fingerprint density at radius 3 is 2.90 bits per heavy atom. The molecule has 2 amide bonds. The molecule has 0 aromatic heterocycles. The monoisotopic (exact) mass is 298 g/mol. The lowest BCUT2D eigenvalue weighted by atomic mass is 9.85. The van der Waals surface area contributed by atoms with Gasteiger partial charge in [0.1, 0.15) is 0 Å². The summed E-state index contributed by atoms with van der Waals surface area (Å²) in [6.45, 7) is 6.62. The summed E-state index contributed by atoms with van der Waals surface area (Å²) in [4.78, 5) is 25.1. The minimum atomic E-state index is -0.764. The fraction of sp³-hybridized carbons (Fsp3) is 0.867. The first-order valence-electron chi connectivity index (χ1n) is 7.76. The Labute approximate surface area is 125 Å². The second-order valence-corrected chi connectivity index (χ2v) is 6.72. The molecule has 0 bridgehead atoms. The summed E-state index contributed by atoms with van der Waals surface area (Å²) in [5.41, 5.74) is -0.267. The lowest BCUT2D eigenvalue weighted by Gasteiger charge is -2.37. The van der Waals surface area contributed by atoms with Crippen molar-refractivity contribution in [2.45, 2.75) is 45.1 Å². The normalized spacial score (nSPS) is 31.0. The van der Waals surface area contributed by atoms with E-state index in [2.05, 4.69) is 5.32 Å². The molecule has 2 aliphatic heterocycles. The van der Waals surface area contributed by atoms with Gasteiger partial charge < -0.3 is 20.1 Å². The number of urea groups is 1. The van der Waals surface area contributed by atoms with E-state index in [1.807, 2.05) is 18.7 Å². The van der Waals surface area contributed by atoms with Crippen LogP contribution in [0.2, 0.25) is 0 Å². The quantitative estimate of drug-likeness (QED) is 0.828. The Kier molecular flexibility index (Phi) is 5.08. The molecule has 2 heterocycles. The first-order valence-corrected chi connectivity index (χ1v) is 7.76. The van der Waals surface area contributed by atoms with Gasteiger partial charge in [0.25, 0.3) is 0 Å². The Morgan fingerprint density at radius 1 is 1.52 bits per heavy atom. The van der Waals surface area contributed by atoms with Crippen LogP contribution in [0.25, 0.3) is 0 Å². The van der Waals surface area contributed by atoms with E-state index in [9.17, 15) is 9.59 Å². The van der Waals surface area contributed by atoms with Crippen molar-refractivity contribution in [2.24, 2.45) is 11.8 Å². The second kappa shape index (κ2) is 6.64. The van der Waals surface area contributed by atoms with E-state index in [0.717, 1.165) is 25.8 Å². The molecule has 0 saturated carbocycles. The van der Waals surface area contributed by atoms with Crippen molar-refractivity contribution >= 4 is 12.0 Å². The SMILES string of the molecule is CC(CC(=O)O)C1CCCN(C(=O)NC2(C)CCOC2)C1. The van der Waals surface area contributed by atoms with E-state index in [-0.39, 0.29) is 29.8 Å². The topological polar surface area (TPSA) is 78.9 Å². The largest absolute Gasteiger partial charge is 0.481 e. The average Bonchev–Trinajstić information content (AvgIpc) is 2.84. The van der Waals surface area contributed by atoms with Crippen molar-refractivity contribution < 1.29 is 19.4 Å². The molecule has 6 nitrogen and oxygen atoms in total. The molecule has 6 heteroatoms. The van der Waals surface area contributed by atoms with Gasteiger partial charge in [0.05, 0.1) is 12.1 Å². The third-order valence-electron chi connectivity index (χ3n) is 4.67. The van der Waals surface area contributed by atoms with Gasteiger partial charge in [-0.2, -0.15) is 0 Å². The molecule has 2 rings (SSSR count). The number of piperidine rings is 1. The number of carbonyl (C=O) groups excluding carboxylic acids is 1. The van der Waals surface area contributed by atoms with Crippen LogP contribution in [0.3, 0.4) is 0 Å². The highest BCUT2D eigenvalue weighted by Gasteiger charge is 2.34. The predicted octanol–water partition coefficient (Wildman–Crippen LogP) is 1.70. The molecule has 21 heavy (non-hydrogen) atoms. The smallest absolute Gasteiger partial charge is 0.317 e. The molecule has 3 unspecified atom stereocenters. The van der Waals surface area contributed by atoms with Crippen LogP contribution in [-0.2, 0) is 9.53 Å². The van der Waals surface area contributed by atoms with Crippen LogP contribution in [0.4, 0.5) is 4.79 Å². The number of carboxylic acids is 1. The van der Waals surface area contributed by atoms with Gasteiger partial charge in [0.15, 0.2) is 0 Å². The number of nitrogens with zero attached hydrogens (tertiary/aromatic N) is 1. The Hall–Kier alpha value is -1.30. The first kappa shape index (κ1) is 16.1. The van der Waals surface area contributed by atoms with Crippen molar-refractivity contribution in [3.63, 3.8) is 0 Å². The zero-order valence-electron chi connectivity index (χ0n) is 12.9. The van der Waals surface area contributed by atoms with E-state index in [4.69, 9.17) is 9.84 Å². The van der Waals surface area contributed by atoms with Gasteiger partial charge in [-0.3, -0.25) is 4.79 Å². The number of amides is 2. The second-order valence-electron chi connectivity index (χ2n) is 6.72. The number of ether oxygens (including phenoxy) is 1. The number of carboxylic acid groups (broad SMARTS) is 1. The summed E-state index contributed by atoms with van der Waals surface area (Å²) in [6.07, 6.45) is 2.95. The molecular weight excluding hydrogens is 272 g/mol. The van der Waals surface area contributed by atoms with E-state index in [1.165, 1.54) is 0 Å². The number of likely N-dealkylation sites (tertiary alicyclic amines) is 1. The minimum Gasteiger partial charge on any atom is -0.481 e. The molecule has 0 aromatic rings. The van der Waals surface area contributed by atoms with E-state index >= 15 is 0 Å². The van der Waals surface area contributed by atoms with Crippen molar-refractivity contribution in [1.29, 1.82) is 0 Å². The maximum absolute atomic E-state index is 12.4. The van der Waals surface area contributed by atoms with Gasteiger partial charge in [-0.15, -0.1) is 0 Å². The van der Waals surface area contributed by atoms with Crippen molar-refractivity contribution in [3.05, 3.63) is 0 Å². The molecule has 2 aliphatic rings. The van der Waals surface area contributed by atoms with Crippen molar-refractivity contribution in [2.75, 3.05) is 26.3 Å². The zero-order chi connectivity index (χ0) is 15.5. The summed E-state index contributed by atoms with van der Waals surface area (Å²) in [6, 6.07) is -0.0461. The highest BCUT2D eigenvalue weighted by Crippen LogP contribution is 2.27. The molecule has 0 aliphatic carbocycles. The Morgan fingerprint density at radius 2 is 2.29 bits per heavy atom. The lowest BCUT2D eigenvalue weighted by molar-refractivity contribution is -0.138.